The number of pyridine rings is 3. The Bertz CT molecular complexity index is 4390. The molecule has 0 saturated carbocycles. The van der Waals surface area contributed by atoms with E-state index in [1.54, 1.807) is 11.6 Å². The molecule has 0 radical (unpaired) electrons. The van der Waals surface area contributed by atoms with Gasteiger partial charge in [0, 0.05) is 84.7 Å². The van der Waals surface area contributed by atoms with Gasteiger partial charge in [0.15, 0.2) is 17.3 Å². The van der Waals surface area contributed by atoms with Crippen molar-refractivity contribution in [1.82, 2.24) is 24.5 Å². The molecule has 10 aromatic rings. The zero-order valence-electron chi connectivity index (χ0n) is 47.6. The monoisotopic (exact) mass is 1420 g/mol. The van der Waals surface area contributed by atoms with Crippen molar-refractivity contribution in [3.63, 3.8) is 0 Å². The lowest BCUT2D eigenvalue weighted by molar-refractivity contribution is -0.138. The Hall–Kier alpha value is -7.21. The molecule has 0 aliphatic heterocycles. The highest BCUT2D eigenvalue weighted by Gasteiger charge is 2.38. The van der Waals surface area contributed by atoms with Crippen molar-refractivity contribution in [2.75, 3.05) is 52.6 Å². The van der Waals surface area contributed by atoms with Gasteiger partial charge in [-0.15, -0.1) is 69.3 Å². The maximum absolute atomic E-state index is 13.1. The Morgan fingerprint density at radius 3 is 1.42 bits per heavy atom. The van der Waals surface area contributed by atoms with E-state index in [1.807, 2.05) is 20.8 Å². The Kier molecular flexibility index (Phi) is 20.8. The molecular weight excluding hydrogens is 1380 g/mol. The smallest absolute Gasteiger partial charge is 0.396 e. The molecule has 0 bridgehead atoms. The summed E-state index contributed by atoms with van der Waals surface area (Å²) in [5, 5.41) is 6.64. The number of halogens is 18. The van der Waals surface area contributed by atoms with E-state index in [-0.39, 0.29) is 53.3 Å². The summed E-state index contributed by atoms with van der Waals surface area (Å²) in [5.74, 6) is 0.596. The summed E-state index contributed by atoms with van der Waals surface area (Å²) >= 11 is 6.85. The van der Waals surface area contributed by atoms with Gasteiger partial charge >= 0.3 is 37.1 Å². The molecule has 0 aliphatic carbocycles. The zero-order chi connectivity index (χ0) is 68.0. The number of carbonyl (C=O) groups excluding carboxylic acids is 2. The van der Waals surface area contributed by atoms with Gasteiger partial charge < -0.3 is 20.9 Å². The molecule has 0 atom stereocenters. The van der Waals surface area contributed by atoms with Gasteiger partial charge in [0.05, 0.1) is 49.6 Å². The van der Waals surface area contributed by atoms with Crippen molar-refractivity contribution in [2.24, 2.45) is 7.05 Å². The number of rotatable bonds is 12. The molecule has 0 aliphatic rings. The minimum Gasteiger partial charge on any atom is -0.396 e. The summed E-state index contributed by atoms with van der Waals surface area (Å²) in [7, 11) is 4.35. The number of hydrogen-bond donors (Lipinski definition) is 3. The van der Waals surface area contributed by atoms with Crippen molar-refractivity contribution in [1.29, 1.82) is 0 Å². The second-order valence-corrected chi connectivity index (χ2v) is 26.1. The van der Waals surface area contributed by atoms with Crippen molar-refractivity contribution < 1.29 is 88.6 Å². The predicted octanol–water partition coefficient (Wildman–Crippen LogP) is 20.0. The third-order valence-corrected chi connectivity index (χ3v) is 19.8. The highest BCUT2D eigenvalue weighted by molar-refractivity contribution is 8.00. The number of anilines is 4. The summed E-state index contributed by atoms with van der Waals surface area (Å²) in [4.78, 5) is 45.2. The molecule has 0 saturated heterocycles. The van der Waals surface area contributed by atoms with Gasteiger partial charge in [-0.3, -0.25) is 14.5 Å². The lowest BCUT2D eigenvalue weighted by atomic mass is 10.1. The van der Waals surface area contributed by atoms with Crippen LogP contribution in [0.2, 0.25) is 0 Å². The van der Waals surface area contributed by atoms with Crippen LogP contribution in [0.1, 0.15) is 73.5 Å². The van der Waals surface area contributed by atoms with Crippen LogP contribution in [0.5, 0.6) is 0 Å². The van der Waals surface area contributed by atoms with Gasteiger partial charge in [-0.25, -0.2) is 19.9 Å². The summed E-state index contributed by atoms with van der Waals surface area (Å²) in [6.07, 6.45) is -25.4. The van der Waals surface area contributed by atoms with Crippen LogP contribution in [0.3, 0.4) is 0 Å². The van der Waals surface area contributed by atoms with E-state index in [4.69, 9.17) is 5.73 Å². The number of thioether (sulfide) groups is 3. The molecular formula is C57H43F18N9O2S6. The normalized spacial score (nSPS) is 12.5. The minimum absolute atomic E-state index is 0.0199. The molecule has 7 aromatic heterocycles. The van der Waals surface area contributed by atoms with E-state index in [0.717, 1.165) is 98.5 Å². The molecule has 92 heavy (non-hydrogen) atoms. The maximum atomic E-state index is 13.1. The average Bonchev–Trinajstić information content (AvgIpc) is 1.61. The van der Waals surface area contributed by atoms with Crippen molar-refractivity contribution in [3.05, 3.63) is 135 Å². The number of nitrogens with zero attached hydrogens (tertiary/aromatic N) is 6. The summed E-state index contributed by atoms with van der Waals surface area (Å²) in [6.45, 7) is 5.55. The Balaban J connectivity index is 0.000000178. The van der Waals surface area contributed by atoms with Gasteiger partial charge in [0.1, 0.15) is 21.1 Å². The Labute approximate surface area is 533 Å². The topological polar surface area (TPSA) is 144 Å². The molecule has 0 fully saturated rings. The maximum Gasteiger partial charge on any atom is 0.417 e. The number of imidazole rings is 1. The standard InChI is InChI=1S/2C19H15F6N3OS2.C19H13F6N3S2/c1-3-30-14-11-5-4-9(18(20,21)22)7-13(11)31-15(14)17(29)28(2)16-12(26)6-10(8-27-16)19(23,24)25;1-3-30-14-11-5-4-9(18(20,21)22)7-13(11)31-15(14)17(29)28-12-6-10(19(23,24)25)8-27-16(12)26-2;1-3-29-14-11-5-4-9(18(20,21)22)7-13(11)30-15(14)17-27-12-6-10(19(23,24)25)8-26-16(12)28(17)2/h4-8H,3,26H2,1-2H3;4-8H,3H2,1-2H3,(H,26,27)(H,28,29);4-8H,3H2,1-2H3. The van der Waals surface area contributed by atoms with E-state index in [2.05, 4.69) is 30.6 Å². The van der Waals surface area contributed by atoms with Crippen molar-refractivity contribution >= 4 is 146 Å². The number of aromatic nitrogens is 5. The molecule has 0 spiro atoms. The van der Waals surface area contributed by atoms with Crippen LogP contribution in [0.15, 0.2) is 106 Å². The summed E-state index contributed by atoms with van der Waals surface area (Å²) in [5.41, 5.74) is 0.0366. The van der Waals surface area contributed by atoms with Crippen LogP contribution < -0.4 is 21.3 Å². The number of benzene rings is 3. The van der Waals surface area contributed by atoms with Crippen molar-refractivity contribution in [3.8, 4) is 10.7 Å². The number of alkyl halides is 18. The molecule has 10 rings (SSSR count). The number of nitrogens with one attached hydrogen (secondary N) is 2. The van der Waals surface area contributed by atoms with Crippen molar-refractivity contribution in [2.45, 2.75) is 72.5 Å². The molecule has 35 heteroatoms. The predicted molar refractivity (Wildman–Crippen MR) is 325 cm³/mol. The number of thiophene rings is 3. The van der Waals surface area contributed by atoms with Crippen LogP contribution in [-0.2, 0) is 44.1 Å². The minimum atomic E-state index is -4.66. The van der Waals surface area contributed by atoms with E-state index < -0.39 is 82.3 Å². The van der Waals surface area contributed by atoms with Gasteiger partial charge in [-0.05, 0) is 71.9 Å². The molecule has 0 unspecified atom stereocenters. The Morgan fingerprint density at radius 1 is 0.543 bits per heavy atom. The quantitative estimate of drug-likeness (QED) is 0.0794. The third-order valence-electron chi connectivity index (χ3n) is 13.0. The summed E-state index contributed by atoms with van der Waals surface area (Å²) < 4.78 is 237. The number of nitrogen functional groups attached to an aromatic ring is 1. The SMILES string of the molecule is CCSc1c(-c2nc3cc(C(F)(F)F)cnc3n2C)sc2cc(C(F)(F)F)ccc12.CCSc1c(C(=O)N(C)c2ncc(C(F)(F)F)cc2N)sc2cc(C(F)(F)F)ccc12.CCSc1c(C(=O)Nc2cc(C(F)(F)F)cnc2NC)sc2cc(C(F)(F)F)ccc12. The van der Waals surface area contributed by atoms with Gasteiger partial charge in [0.25, 0.3) is 11.8 Å². The number of carbonyl (C=O) groups is 2. The van der Waals surface area contributed by atoms with E-state index >= 15 is 0 Å². The lowest BCUT2D eigenvalue weighted by Gasteiger charge is -2.19. The van der Waals surface area contributed by atoms with Gasteiger partial charge in [-0.1, -0.05) is 39.0 Å². The number of aryl methyl sites for hydroxylation is 1. The first-order valence-corrected chi connectivity index (χ1v) is 31.6. The van der Waals surface area contributed by atoms with Crippen LogP contribution in [-0.4, -0.2) is 67.7 Å². The lowest BCUT2D eigenvalue weighted by Crippen LogP contribution is -2.28. The molecule has 2 amide bonds. The highest BCUT2D eigenvalue weighted by Crippen LogP contribution is 2.48. The first kappa shape index (κ1) is 70.7. The van der Waals surface area contributed by atoms with Crippen LogP contribution in [0.25, 0.3) is 52.1 Å². The number of fused-ring (bicyclic) bond motifs is 4. The first-order chi connectivity index (χ1) is 42.8. The molecule has 4 N–H and O–H groups in total. The molecule has 11 nitrogen and oxygen atoms in total. The van der Waals surface area contributed by atoms with E-state index in [1.165, 1.54) is 67.6 Å². The zero-order valence-corrected chi connectivity index (χ0v) is 52.5. The fraction of sp³-hybridized carbons (Fsp3) is 0.263. The molecule has 7 heterocycles. The third kappa shape index (κ3) is 15.4. The number of nitrogens with two attached hydrogens (primary N) is 1. The second kappa shape index (κ2) is 27.0. The highest BCUT2D eigenvalue weighted by atomic mass is 32.2. The fourth-order valence-corrected chi connectivity index (χ4v) is 15.7. The second-order valence-electron chi connectivity index (χ2n) is 19.1. The molecule has 490 valence electrons. The number of amides is 2. The first-order valence-electron chi connectivity index (χ1n) is 26.2. The Morgan fingerprint density at radius 2 is 0.957 bits per heavy atom. The van der Waals surface area contributed by atoms with Gasteiger partial charge in [0.2, 0.25) is 0 Å². The van der Waals surface area contributed by atoms with Gasteiger partial charge in [-0.2, -0.15) is 79.0 Å². The largest absolute Gasteiger partial charge is 0.417 e. The number of hydrogen-bond acceptors (Lipinski definition) is 14. The van der Waals surface area contributed by atoms with Crippen LogP contribution >= 0.6 is 69.3 Å². The average molecular weight is 1420 g/mol. The van der Waals surface area contributed by atoms with E-state index in [9.17, 15) is 88.6 Å². The molecule has 3 aromatic carbocycles. The summed E-state index contributed by atoms with van der Waals surface area (Å²) in [6, 6.07) is 12.3. The van der Waals surface area contributed by atoms with Crippen LogP contribution in [0.4, 0.5) is 102 Å². The fourth-order valence-electron chi connectivity index (χ4n) is 8.73. The van der Waals surface area contributed by atoms with E-state index in [0.29, 0.717) is 77.1 Å². The van der Waals surface area contributed by atoms with Crippen LogP contribution in [0, 0.1) is 0 Å².